The molecule has 2 atom stereocenters. The fourth-order valence-corrected chi connectivity index (χ4v) is 4.19. The number of sulfone groups is 1. The van der Waals surface area contributed by atoms with Crippen LogP contribution in [-0.2, 0) is 19.4 Å². The SMILES string of the molecule is CCCC(C(=O)O)n1ccc(NC(=O)C2CCS(=O)(=O)C2)n1. The summed E-state index contributed by atoms with van der Waals surface area (Å²) in [6.07, 6.45) is 2.93. The van der Waals surface area contributed by atoms with Crippen LogP contribution in [0.25, 0.3) is 0 Å². The molecule has 2 unspecified atom stereocenters. The normalized spacial score (nSPS) is 21.4. The number of carbonyl (C=O) groups is 2. The number of hydrogen-bond acceptors (Lipinski definition) is 5. The van der Waals surface area contributed by atoms with E-state index in [-0.39, 0.29) is 17.3 Å². The molecule has 1 aliphatic rings. The van der Waals surface area contributed by atoms with Crippen molar-refractivity contribution >= 4 is 27.5 Å². The van der Waals surface area contributed by atoms with Crippen LogP contribution in [0.1, 0.15) is 32.2 Å². The van der Waals surface area contributed by atoms with E-state index >= 15 is 0 Å². The van der Waals surface area contributed by atoms with Gasteiger partial charge in [-0.05, 0) is 12.8 Å². The third-order valence-corrected chi connectivity index (χ3v) is 5.40. The fourth-order valence-electron chi connectivity index (χ4n) is 2.45. The maximum Gasteiger partial charge on any atom is 0.328 e. The molecular formula is C13H19N3O5S. The van der Waals surface area contributed by atoms with Gasteiger partial charge < -0.3 is 10.4 Å². The number of anilines is 1. The van der Waals surface area contributed by atoms with Crippen LogP contribution in [0.2, 0.25) is 0 Å². The standard InChI is InChI=1S/C13H19N3O5S/c1-2-3-10(13(18)19)16-6-4-11(15-16)14-12(17)9-5-7-22(20,21)8-9/h4,6,9-10H,2-3,5,7-8H2,1H3,(H,18,19)(H,14,15,17). The summed E-state index contributed by atoms with van der Waals surface area (Å²) < 4.78 is 24.0. The van der Waals surface area contributed by atoms with Crippen molar-refractivity contribution in [1.82, 2.24) is 9.78 Å². The topological polar surface area (TPSA) is 118 Å². The lowest BCUT2D eigenvalue weighted by Gasteiger charge is -2.11. The second kappa shape index (κ2) is 6.47. The lowest BCUT2D eigenvalue weighted by molar-refractivity contribution is -0.141. The van der Waals surface area contributed by atoms with Gasteiger partial charge in [-0.2, -0.15) is 5.10 Å². The molecule has 0 bridgehead atoms. The zero-order chi connectivity index (χ0) is 16.3. The van der Waals surface area contributed by atoms with Gasteiger partial charge >= 0.3 is 5.97 Å². The molecule has 122 valence electrons. The zero-order valence-corrected chi connectivity index (χ0v) is 13.0. The van der Waals surface area contributed by atoms with Gasteiger partial charge in [-0.15, -0.1) is 0 Å². The van der Waals surface area contributed by atoms with E-state index in [0.717, 1.165) is 0 Å². The van der Waals surface area contributed by atoms with Gasteiger partial charge in [-0.1, -0.05) is 13.3 Å². The molecule has 1 fully saturated rings. The molecular weight excluding hydrogens is 310 g/mol. The van der Waals surface area contributed by atoms with Crippen LogP contribution in [-0.4, -0.2) is 46.7 Å². The van der Waals surface area contributed by atoms with Crippen LogP contribution in [0.4, 0.5) is 5.82 Å². The Hall–Kier alpha value is -1.90. The summed E-state index contributed by atoms with van der Waals surface area (Å²) in [5.41, 5.74) is 0. The first kappa shape index (κ1) is 16.5. The molecule has 0 aromatic carbocycles. The molecule has 0 radical (unpaired) electrons. The molecule has 2 N–H and O–H groups in total. The van der Waals surface area contributed by atoms with Gasteiger partial charge in [-0.3, -0.25) is 9.48 Å². The van der Waals surface area contributed by atoms with E-state index in [1.807, 2.05) is 6.92 Å². The Morgan fingerprint density at radius 1 is 1.55 bits per heavy atom. The molecule has 0 aliphatic carbocycles. The number of nitrogens with one attached hydrogen (secondary N) is 1. The summed E-state index contributed by atoms with van der Waals surface area (Å²) >= 11 is 0. The molecule has 1 saturated heterocycles. The van der Waals surface area contributed by atoms with Crippen LogP contribution in [0.5, 0.6) is 0 Å². The number of carbonyl (C=O) groups excluding carboxylic acids is 1. The van der Waals surface area contributed by atoms with E-state index in [4.69, 9.17) is 5.11 Å². The quantitative estimate of drug-likeness (QED) is 0.792. The highest BCUT2D eigenvalue weighted by Crippen LogP contribution is 2.21. The van der Waals surface area contributed by atoms with Gasteiger partial charge in [0.1, 0.15) is 6.04 Å². The third-order valence-electron chi connectivity index (χ3n) is 3.63. The van der Waals surface area contributed by atoms with Gasteiger partial charge in [0.05, 0.1) is 17.4 Å². The van der Waals surface area contributed by atoms with Crippen molar-refractivity contribution in [2.75, 3.05) is 16.8 Å². The number of carboxylic acids is 1. The Labute approximate surface area is 128 Å². The van der Waals surface area contributed by atoms with Crippen molar-refractivity contribution in [3.63, 3.8) is 0 Å². The fraction of sp³-hybridized carbons (Fsp3) is 0.615. The van der Waals surface area contributed by atoms with E-state index < -0.39 is 33.7 Å². The van der Waals surface area contributed by atoms with Crippen LogP contribution in [0, 0.1) is 5.92 Å². The monoisotopic (exact) mass is 329 g/mol. The Kier molecular flexibility index (Phi) is 4.84. The van der Waals surface area contributed by atoms with Crippen LogP contribution >= 0.6 is 0 Å². The second-order valence-electron chi connectivity index (χ2n) is 5.41. The molecule has 22 heavy (non-hydrogen) atoms. The summed E-state index contributed by atoms with van der Waals surface area (Å²) in [5.74, 6) is -1.83. The molecule has 1 amide bonds. The molecule has 9 heteroatoms. The van der Waals surface area contributed by atoms with Crippen LogP contribution in [0.3, 0.4) is 0 Å². The minimum atomic E-state index is -3.12. The number of amides is 1. The van der Waals surface area contributed by atoms with Gasteiger partial charge in [0, 0.05) is 12.3 Å². The summed E-state index contributed by atoms with van der Waals surface area (Å²) in [6, 6.07) is 0.731. The smallest absolute Gasteiger partial charge is 0.328 e. The van der Waals surface area contributed by atoms with E-state index in [2.05, 4.69) is 10.4 Å². The van der Waals surface area contributed by atoms with Crippen molar-refractivity contribution in [2.24, 2.45) is 5.92 Å². The molecule has 0 spiro atoms. The van der Waals surface area contributed by atoms with Crippen molar-refractivity contribution < 1.29 is 23.1 Å². The van der Waals surface area contributed by atoms with Crippen LogP contribution in [0.15, 0.2) is 12.3 Å². The summed E-state index contributed by atoms with van der Waals surface area (Å²) in [7, 11) is -3.12. The Balaban J connectivity index is 2.03. The molecule has 1 aromatic rings. The molecule has 8 nitrogen and oxygen atoms in total. The first-order valence-corrected chi connectivity index (χ1v) is 8.94. The number of nitrogens with zero attached hydrogens (tertiary/aromatic N) is 2. The highest BCUT2D eigenvalue weighted by Gasteiger charge is 2.33. The summed E-state index contributed by atoms with van der Waals surface area (Å²) in [5, 5.41) is 15.8. The number of aliphatic carboxylic acids is 1. The minimum Gasteiger partial charge on any atom is -0.480 e. The first-order valence-electron chi connectivity index (χ1n) is 7.11. The second-order valence-corrected chi connectivity index (χ2v) is 7.64. The maximum atomic E-state index is 12.0. The van der Waals surface area contributed by atoms with Gasteiger partial charge in [-0.25, -0.2) is 13.2 Å². The predicted molar refractivity (Wildman–Crippen MR) is 79.2 cm³/mol. The molecule has 2 rings (SSSR count). The average molecular weight is 329 g/mol. The molecule has 2 heterocycles. The number of rotatable bonds is 6. The van der Waals surface area contributed by atoms with Crippen molar-refractivity contribution in [3.05, 3.63) is 12.3 Å². The maximum absolute atomic E-state index is 12.0. The molecule has 1 aromatic heterocycles. The Morgan fingerprint density at radius 3 is 2.82 bits per heavy atom. The van der Waals surface area contributed by atoms with E-state index in [0.29, 0.717) is 19.3 Å². The Morgan fingerprint density at radius 2 is 2.27 bits per heavy atom. The van der Waals surface area contributed by atoms with Crippen molar-refractivity contribution in [3.8, 4) is 0 Å². The summed E-state index contributed by atoms with van der Waals surface area (Å²) in [6.45, 7) is 1.88. The van der Waals surface area contributed by atoms with Gasteiger partial charge in [0.2, 0.25) is 5.91 Å². The van der Waals surface area contributed by atoms with E-state index in [9.17, 15) is 18.0 Å². The highest BCUT2D eigenvalue weighted by atomic mass is 32.2. The molecule has 0 saturated carbocycles. The lowest BCUT2D eigenvalue weighted by Crippen LogP contribution is -2.24. The summed E-state index contributed by atoms with van der Waals surface area (Å²) in [4.78, 5) is 23.2. The predicted octanol–water partition coefficient (Wildman–Crippen LogP) is 0.682. The van der Waals surface area contributed by atoms with Crippen molar-refractivity contribution in [1.29, 1.82) is 0 Å². The number of carboxylic acid groups (broad SMARTS) is 1. The van der Waals surface area contributed by atoms with Crippen molar-refractivity contribution in [2.45, 2.75) is 32.2 Å². The highest BCUT2D eigenvalue weighted by molar-refractivity contribution is 7.91. The average Bonchev–Trinajstić information content (AvgIpc) is 3.02. The van der Waals surface area contributed by atoms with E-state index in [1.165, 1.54) is 16.9 Å². The molecule has 1 aliphatic heterocycles. The number of aromatic nitrogens is 2. The van der Waals surface area contributed by atoms with E-state index in [1.54, 1.807) is 0 Å². The van der Waals surface area contributed by atoms with Gasteiger partial charge in [0.15, 0.2) is 15.7 Å². The minimum absolute atomic E-state index is 0.0249. The number of hydrogen-bond donors (Lipinski definition) is 2. The zero-order valence-electron chi connectivity index (χ0n) is 12.2. The first-order chi connectivity index (χ1) is 10.3. The lowest BCUT2D eigenvalue weighted by atomic mass is 10.1. The van der Waals surface area contributed by atoms with Gasteiger partial charge in [0.25, 0.3) is 0 Å². The third kappa shape index (κ3) is 3.85. The largest absolute Gasteiger partial charge is 0.480 e. The van der Waals surface area contributed by atoms with Crippen LogP contribution < -0.4 is 5.32 Å². The Bertz CT molecular complexity index is 667.